The van der Waals surface area contributed by atoms with E-state index in [9.17, 15) is 4.79 Å². The molecule has 1 N–H and O–H groups in total. The number of para-hydroxylation sites is 1. The summed E-state index contributed by atoms with van der Waals surface area (Å²) in [5.41, 5.74) is 3.78. The number of nitrogens with zero attached hydrogens (tertiary/aromatic N) is 2. The Labute approximate surface area is 147 Å². The van der Waals surface area contributed by atoms with Crippen molar-refractivity contribution in [2.45, 2.75) is 19.4 Å². The van der Waals surface area contributed by atoms with Crippen LogP contribution in [0.1, 0.15) is 22.9 Å². The molecular weight excluding hydrogens is 314 g/mol. The molecule has 3 rings (SSSR count). The van der Waals surface area contributed by atoms with E-state index in [0.29, 0.717) is 17.8 Å². The van der Waals surface area contributed by atoms with Crippen LogP contribution < -0.4 is 5.32 Å². The van der Waals surface area contributed by atoms with Crippen molar-refractivity contribution < 1.29 is 9.32 Å². The average Bonchev–Trinajstić information content (AvgIpc) is 2.99. The number of carbonyl (C=O) groups excluding carboxylic acids is 1. The van der Waals surface area contributed by atoms with Crippen molar-refractivity contribution >= 4 is 16.9 Å². The van der Waals surface area contributed by atoms with Gasteiger partial charge in [-0.3, -0.25) is 4.79 Å². The summed E-state index contributed by atoms with van der Waals surface area (Å²) < 4.78 is 5.26. The number of amides is 1. The van der Waals surface area contributed by atoms with E-state index in [1.165, 1.54) is 11.1 Å². The first-order valence-electron chi connectivity index (χ1n) is 8.37. The number of fused-ring (bicyclic) bond motifs is 1. The van der Waals surface area contributed by atoms with Gasteiger partial charge in [-0.25, -0.2) is 0 Å². The number of carbonyl (C=O) groups is 1. The van der Waals surface area contributed by atoms with Gasteiger partial charge in [0.2, 0.25) is 5.91 Å². The van der Waals surface area contributed by atoms with Crippen LogP contribution in [0.25, 0.3) is 11.0 Å². The quantitative estimate of drug-likeness (QED) is 0.751. The summed E-state index contributed by atoms with van der Waals surface area (Å²) >= 11 is 0. The Hall–Kier alpha value is -2.66. The molecule has 0 radical (unpaired) electrons. The van der Waals surface area contributed by atoms with E-state index in [-0.39, 0.29) is 18.4 Å². The average molecular weight is 337 g/mol. The van der Waals surface area contributed by atoms with Crippen LogP contribution in [0.2, 0.25) is 0 Å². The highest BCUT2D eigenvalue weighted by atomic mass is 16.5. The van der Waals surface area contributed by atoms with Gasteiger partial charge in [-0.2, -0.15) is 0 Å². The molecular formula is C20H23N3O2. The summed E-state index contributed by atoms with van der Waals surface area (Å²) in [5, 5.41) is 7.93. The lowest BCUT2D eigenvalue weighted by Crippen LogP contribution is -2.35. The predicted molar refractivity (Wildman–Crippen MR) is 98.3 cm³/mol. The third kappa shape index (κ3) is 4.06. The van der Waals surface area contributed by atoms with Gasteiger partial charge in [0, 0.05) is 11.9 Å². The summed E-state index contributed by atoms with van der Waals surface area (Å²) in [5.74, 6) is -0.0574. The Bertz CT molecular complexity index is 853. The second kappa shape index (κ2) is 7.49. The van der Waals surface area contributed by atoms with Crippen molar-refractivity contribution in [3.8, 4) is 0 Å². The minimum Gasteiger partial charge on any atom is -0.356 e. The monoisotopic (exact) mass is 337 g/mol. The van der Waals surface area contributed by atoms with E-state index >= 15 is 0 Å². The number of hydrogen-bond acceptors (Lipinski definition) is 4. The summed E-state index contributed by atoms with van der Waals surface area (Å²) in [6.45, 7) is 2.61. The molecule has 130 valence electrons. The van der Waals surface area contributed by atoms with E-state index < -0.39 is 0 Å². The first-order chi connectivity index (χ1) is 12.0. The zero-order valence-corrected chi connectivity index (χ0v) is 14.8. The number of rotatable bonds is 6. The zero-order valence-electron chi connectivity index (χ0n) is 14.8. The Morgan fingerprint density at radius 1 is 1.16 bits per heavy atom. The van der Waals surface area contributed by atoms with Crippen LogP contribution in [0, 0.1) is 6.92 Å². The third-order valence-electron chi connectivity index (χ3n) is 4.36. The minimum atomic E-state index is -0.0574. The highest BCUT2D eigenvalue weighted by Gasteiger charge is 2.17. The number of benzene rings is 2. The first kappa shape index (κ1) is 17.2. The highest BCUT2D eigenvalue weighted by molar-refractivity contribution is 5.86. The van der Waals surface area contributed by atoms with Gasteiger partial charge in [-0.05, 0) is 38.7 Å². The van der Waals surface area contributed by atoms with Crippen LogP contribution in [0.5, 0.6) is 0 Å². The first-order valence-corrected chi connectivity index (χ1v) is 8.37. The molecule has 5 nitrogen and oxygen atoms in total. The van der Waals surface area contributed by atoms with E-state index in [0.717, 1.165) is 5.39 Å². The van der Waals surface area contributed by atoms with Gasteiger partial charge in [0.15, 0.2) is 5.58 Å². The number of hydrogen-bond donors (Lipinski definition) is 1. The van der Waals surface area contributed by atoms with Crippen molar-refractivity contribution in [1.29, 1.82) is 0 Å². The Kier molecular flexibility index (Phi) is 5.14. The predicted octanol–water partition coefficient (Wildman–Crippen LogP) is 3.10. The van der Waals surface area contributed by atoms with E-state index in [2.05, 4.69) is 46.6 Å². The summed E-state index contributed by atoms with van der Waals surface area (Å²) in [6.07, 6.45) is 0.213. The third-order valence-corrected chi connectivity index (χ3v) is 4.36. The van der Waals surface area contributed by atoms with Crippen LogP contribution in [0.3, 0.4) is 0 Å². The maximum atomic E-state index is 12.4. The lowest BCUT2D eigenvalue weighted by atomic mass is 10.0. The lowest BCUT2D eigenvalue weighted by molar-refractivity contribution is -0.120. The molecule has 2 aromatic carbocycles. The van der Waals surface area contributed by atoms with Crippen LogP contribution in [0.15, 0.2) is 53.1 Å². The Morgan fingerprint density at radius 3 is 2.60 bits per heavy atom. The van der Waals surface area contributed by atoms with E-state index in [1.807, 2.05) is 38.4 Å². The van der Waals surface area contributed by atoms with Crippen molar-refractivity contribution in [2.24, 2.45) is 0 Å². The molecule has 0 saturated heterocycles. The molecule has 1 aromatic heterocycles. The molecule has 0 spiro atoms. The second-order valence-corrected chi connectivity index (χ2v) is 6.50. The summed E-state index contributed by atoms with van der Waals surface area (Å²) in [7, 11) is 4.03. The SMILES string of the molecule is Cc1ccc([C@H](CNC(=O)Cc2noc3ccccc23)N(C)C)cc1. The van der Waals surface area contributed by atoms with Crippen molar-refractivity contribution in [1.82, 2.24) is 15.4 Å². The molecule has 0 aliphatic carbocycles. The molecule has 0 aliphatic heterocycles. The topological polar surface area (TPSA) is 58.4 Å². The van der Waals surface area contributed by atoms with Crippen LogP contribution in [0.4, 0.5) is 0 Å². The number of nitrogens with one attached hydrogen (secondary N) is 1. The van der Waals surface area contributed by atoms with Gasteiger partial charge in [-0.1, -0.05) is 47.1 Å². The second-order valence-electron chi connectivity index (χ2n) is 6.50. The smallest absolute Gasteiger partial charge is 0.226 e. The minimum absolute atomic E-state index is 0.0574. The maximum absolute atomic E-state index is 12.4. The Morgan fingerprint density at radius 2 is 1.88 bits per heavy atom. The van der Waals surface area contributed by atoms with Crippen molar-refractivity contribution in [2.75, 3.05) is 20.6 Å². The van der Waals surface area contributed by atoms with Gasteiger partial charge in [-0.15, -0.1) is 0 Å². The largest absolute Gasteiger partial charge is 0.356 e. The van der Waals surface area contributed by atoms with Gasteiger partial charge in [0.05, 0.1) is 12.5 Å². The van der Waals surface area contributed by atoms with Gasteiger partial charge >= 0.3 is 0 Å². The van der Waals surface area contributed by atoms with Crippen LogP contribution in [-0.4, -0.2) is 36.6 Å². The maximum Gasteiger partial charge on any atom is 0.226 e. The molecule has 1 amide bonds. The summed E-state index contributed by atoms with van der Waals surface area (Å²) in [6, 6.07) is 16.1. The fourth-order valence-electron chi connectivity index (χ4n) is 2.88. The van der Waals surface area contributed by atoms with Crippen molar-refractivity contribution in [3.63, 3.8) is 0 Å². The molecule has 5 heteroatoms. The fourth-order valence-corrected chi connectivity index (χ4v) is 2.88. The molecule has 0 unspecified atom stereocenters. The normalized spacial score (nSPS) is 12.5. The molecule has 25 heavy (non-hydrogen) atoms. The van der Waals surface area contributed by atoms with Gasteiger partial charge < -0.3 is 14.7 Å². The van der Waals surface area contributed by atoms with Crippen molar-refractivity contribution in [3.05, 3.63) is 65.4 Å². The van der Waals surface area contributed by atoms with Crippen LogP contribution >= 0.6 is 0 Å². The molecule has 1 heterocycles. The molecule has 0 aliphatic rings. The number of likely N-dealkylation sites (N-methyl/N-ethyl adjacent to an activating group) is 1. The zero-order chi connectivity index (χ0) is 17.8. The van der Waals surface area contributed by atoms with E-state index in [1.54, 1.807) is 0 Å². The fraction of sp³-hybridized carbons (Fsp3) is 0.300. The Balaban J connectivity index is 1.64. The molecule has 3 aromatic rings. The van der Waals surface area contributed by atoms with E-state index in [4.69, 9.17) is 4.52 Å². The molecule has 0 fully saturated rings. The number of aromatic nitrogens is 1. The lowest BCUT2D eigenvalue weighted by Gasteiger charge is -2.25. The summed E-state index contributed by atoms with van der Waals surface area (Å²) in [4.78, 5) is 14.5. The van der Waals surface area contributed by atoms with Gasteiger partial charge in [0.25, 0.3) is 0 Å². The van der Waals surface area contributed by atoms with Gasteiger partial charge in [0.1, 0.15) is 5.69 Å². The molecule has 0 saturated carbocycles. The molecule has 0 bridgehead atoms. The molecule has 1 atom stereocenters. The standard InChI is InChI=1S/C20H23N3O2/c1-14-8-10-15(11-9-14)18(23(2)3)13-21-20(24)12-17-16-6-4-5-7-19(16)25-22-17/h4-11,18H,12-13H2,1-3H3,(H,21,24)/t18-/m0/s1. The number of aryl methyl sites for hydroxylation is 1. The highest BCUT2D eigenvalue weighted by Crippen LogP contribution is 2.19. The van der Waals surface area contributed by atoms with Crippen LogP contribution in [-0.2, 0) is 11.2 Å².